The molecule has 3 rings (SSSR count). The van der Waals surface area contributed by atoms with Crippen LogP contribution in [0.2, 0.25) is 0 Å². The summed E-state index contributed by atoms with van der Waals surface area (Å²) in [7, 11) is 0. The van der Waals surface area contributed by atoms with Crippen molar-refractivity contribution in [3.63, 3.8) is 0 Å². The second-order valence-corrected chi connectivity index (χ2v) is 5.39. The number of benzene rings is 1. The maximum Gasteiger partial charge on any atom is 0.159 e. The molecule has 0 saturated carbocycles. The lowest BCUT2D eigenvalue weighted by atomic mass is 9.87. The molecule has 2 aromatic rings. The van der Waals surface area contributed by atoms with E-state index in [1.54, 1.807) is 12.3 Å². The van der Waals surface area contributed by atoms with Crippen molar-refractivity contribution >= 4 is 23.0 Å². The van der Waals surface area contributed by atoms with Crippen LogP contribution in [0.5, 0.6) is 0 Å². The van der Waals surface area contributed by atoms with E-state index in [1.807, 2.05) is 0 Å². The first-order valence-electron chi connectivity index (χ1n) is 6.71. The van der Waals surface area contributed by atoms with Gasteiger partial charge < -0.3 is 11.1 Å². The van der Waals surface area contributed by atoms with Crippen LogP contribution < -0.4 is 11.1 Å². The fourth-order valence-corrected chi connectivity index (χ4v) is 2.87. The fourth-order valence-electron chi connectivity index (χ4n) is 2.71. The van der Waals surface area contributed by atoms with Crippen LogP contribution in [0.1, 0.15) is 35.6 Å². The van der Waals surface area contributed by atoms with Crippen LogP contribution in [-0.4, -0.2) is 15.2 Å². The highest BCUT2D eigenvalue weighted by Crippen LogP contribution is 2.32. The molecular formula is C15H16N4S. The number of rotatable bonds is 3. The number of aromatic nitrogens is 2. The van der Waals surface area contributed by atoms with Crippen LogP contribution in [0.25, 0.3) is 0 Å². The molecule has 3 N–H and O–H groups in total. The van der Waals surface area contributed by atoms with E-state index in [4.69, 9.17) is 18.0 Å². The van der Waals surface area contributed by atoms with E-state index in [1.165, 1.54) is 11.1 Å². The largest absolute Gasteiger partial charge is 0.389 e. The molecular weight excluding hydrogens is 268 g/mol. The zero-order chi connectivity index (χ0) is 13.9. The summed E-state index contributed by atoms with van der Waals surface area (Å²) in [6.07, 6.45) is 4.98. The third-order valence-corrected chi connectivity index (χ3v) is 3.89. The number of nitrogens with two attached hydrogens (primary N) is 1. The van der Waals surface area contributed by atoms with E-state index < -0.39 is 0 Å². The van der Waals surface area contributed by atoms with Crippen molar-refractivity contribution < 1.29 is 0 Å². The van der Waals surface area contributed by atoms with E-state index in [9.17, 15) is 0 Å². The van der Waals surface area contributed by atoms with Crippen molar-refractivity contribution in [3.05, 3.63) is 53.2 Å². The summed E-state index contributed by atoms with van der Waals surface area (Å²) in [6.45, 7) is 0. The Morgan fingerprint density at radius 1 is 1.30 bits per heavy atom. The first kappa shape index (κ1) is 13.0. The summed E-state index contributed by atoms with van der Waals surface area (Å²) >= 11 is 5.07. The summed E-state index contributed by atoms with van der Waals surface area (Å²) in [5.41, 5.74) is 9.22. The molecule has 5 heteroatoms. The average molecular weight is 284 g/mol. The molecule has 4 nitrogen and oxygen atoms in total. The van der Waals surface area contributed by atoms with Gasteiger partial charge in [-0.15, -0.1) is 5.10 Å². The quantitative estimate of drug-likeness (QED) is 0.848. The summed E-state index contributed by atoms with van der Waals surface area (Å²) in [4.78, 5) is 0.339. The highest BCUT2D eigenvalue weighted by atomic mass is 32.1. The normalized spacial score (nSPS) is 17.3. The molecule has 0 saturated heterocycles. The van der Waals surface area contributed by atoms with Gasteiger partial charge in [-0.25, -0.2) is 0 Å². The third kappa shape index (κ3) is 2.49. The van der Waals surface area contributed by atoms with Gasteiger partial charge in [-0.2, -0.15) is 5.10 Å². The van der Waals surface area contributed by atoms with Crippen molar-refractivity contribution in [2.24, 2.45) is 5.73 Å². The number of nitrogens with one attached hydrogen (secondary N) is 1. The van der Waals surface area contributed by atoms with Crippen LogP contribution >= 0.6 is 12.2 Å². The first-order valence-corrected chi connectivity index (χ1v) is 7.12. The Morgan fingerprint density at radius 3 is 3.00 bits per heavy atom. The van der Waals surface area contributed by atoms with Crippen LogP contribution in [0.3, 0.4) is 0 Å². The Hall–Kier alpha value is -2.01. The van der Waals surface area contributed by atoms with Gasteiger partial charge in [-0.05, 0) is 36.5 Å². The fraction of sp³-hybridized carbons (Fsp3) is 0.267. The van der Waals surface area contributed by atoms with Gasteiger partial charge in [0.15, 0.2) is 5.82 Å². The van der Waals surface area contributed by atoms with Crippen molar-refractivity contribution in [3.8, 4) is 0 Å². The van der Waals surface area contributed by atoms with Crippen molar-refractivity contribution in [1.82, 2.24) is 10.2 Å². The van der Waals surface area contributed by atoms with Gasteiger partial charge in [0.1, 0.15) is 4.99 Å². The Bertz CT molecular complexity index is 641. The maximum absolute atomic E-state index is 5.74. The molecule has 0 radical (unpaired) electrons. The van der Waals surface area contributed by atoms with Crippen LogP contribution in [0.15, 0.2) is 36.5 Å². The highest BCUT2D eigenvalue weighted by molar-refractivity contribution is 7.80. The minimum Gasteiger partial charge on any atom is -0.389 e. The van der Waals surface area contributed by atoms with Gasteiger partial charge in [-0.3, -0.25) is 0 Å². The molecule has 102 valence electrons. The van der Waals surface area contributed by atoms with Gasteiger partial charge in [0, 0.05) is 0 Å². The average Bonchev–Trinajstić information content (AvgIpc) is 2.48. The standard InChI is InChI=1S/C15H16N4S/c16-14(20)12-8-9-17-19-15(12)18-13-7-3-5-10-4-1-2-6-11(10)13/h1-2,4,6,8-9,13H,3,5,7H2,(H2,16,20)(H,18,19). The summed E-state index contributed by atoms with van der Waals surface area (Å²) in [5, 5.41) is 11.5. The Balaban J connectivity index is 1.92. The van der Waals surface area contributed by atoms with Crippen LogP contribution in [-0.2, 0) is 6.42 Å². The molecule has 0 spiro atoms. The molecule has 1 aliphatic carbocycles. The van der Waals surface area contributed by atoms with Gasteiger partial charge in [-0.1, -0.05) is 36.5 Å². The van der Waals surface area contributed by atoms with Gasteiger partial charge in [0.25, 0.3) is 0 Å². The molecule has 1 aromatic carbocycles. The van der Waals surface area contributed by atoms with E-state index in [0.717, 1.165) is 24.8 Å². The predicted octanol–water partition coefficient (Wildman–Crippen LogP) is 2.60. The minimum atomic E-state index is 0.241. The topological polar surface area (TPSA) is 63.8 Å². The van der Waals surface area contributed by atoms with Gasteiger partial charge in [0.05, 0.1) is 17.8 Å². The van der Waals surface area contributed by atoms with Crippen molar-refractivity contribution in [1.29, 1.82) is 0 Å². The Kier molecular flexibility index (Phi) is 3.60. The molecule has 1 unspecified atom stereocenters. The van der Waals surface area contributed by atoms with E-state index in [0.29, 0.717) is 10.8 Å². The van der Waals surface area contributed by atoms with Crippen LogP contribution in [0.4, 0.5) is 5.82 Å². The molecule has 1 aromatic heterocycles. The SMILES string of the molecule is NC(=S)c1ccnnc1NC1CCCc2ccccc21. The molecule has 1 atom stereocenters. The summed E-state index contributed by atoms with van der Waals surface area (Å²) in [6, 6.07) is 10.6. The third-order valence-electron chi connectivity index (χ3n) is 3.67. The van der Waals surface area contributed by atoms with E-state index >= 15 is 0 Å². The first-order chi connectivity index (χ1) is 9.75. The molecule has 1 heterocycles. The van der Waals surface area contributed by atoms with Crippen molar-refractivity contribution in [2.45, 2.75) is 25.3 Å². The molecule has 0 bridgehead atoms. The Morgan fingerprint density at radius 2 is 2.15 bits per heavy atom. The molecule has 0 aliphatic heterocycles. The predicted molar refractivity (Wildman–Crippen MR) is 83.7 cm³/mol. The number of fused-ring (bicyclic) bond motifs is 1. The monoisotopic (exact) mass is 284 g/mol. The van der Waals surface area contributed by atoms with Gasteiger partial charge >= 0.3 is 0 Å². The number of thiocarbonyl (C=S) groups is 1. The number of anilines is 1. The van der Waals surface area contributed by atoms with E-state index in [-0.39, 0.29) is 6.04 Å². The molecule has 0 amide bonds. The van der Waals surface area contributed by atoms with E-state index in [2.05, 4.69) is 39.8 Å². The summed E-state index contributed by atoms with van der Waals surface area (Å²) in [5.74, 6) is 0.668. The molecule has 0 fully saturated rings. The number of hydrogen-bond donors (Lipinski definition) is 2. The number of nitrogens with zero attached hydrogens (tertiary/aromatic N) is 2. The lowest BCUT2D eigenvalue weighted by Gasteiger charge is -2.27. The number of aryl methyl sites for hydroxylation is 1. The maximum atomic E-state index is 5.74. The number of hydrogen-bond acceptors (Lipinski definition) is 4. The molecule has 20 heavy (non-hydrogen) atoms. The van der Waals surface area contributed by atoms with Crippen LogP contribution in [0, 0.1) is 0 Å². The zero-order valence-corrected chi connectivity index (χ0v) is 11.9. The van der Waals surface area contributed by atoms with Crippen molar-refractivity contribution in [2.75, 3.05) is 5.32 Å². The van der Waals surface area contributed by atoms with Gasteiger partial charge in [0.2, 0.25) is 0 Å². The minimum absolute atomic E-state index is 0.241. The Labute approximate surface area is 123 Å². The lowest BCUT2D eigenvalue weighted by molar-refractivity contribution is 0.597. The highest BCUT2D eigenvalue weighted by Gasteiger charge is 2.21. The lowest BCUT2D eigenvalue weighted by Crippen LogP contribution is -2.21. The smallest absolute Gasteiger partial charge is 0.159 e. The zero-order valence-electron chi connectivity index (χ0n) is 11.0. The second kappa shape index (κ2) is 5.54. The second-order valence-electron chi connectivity index (χ2n) is 4.95. The molecule has 1 aliphatic rings. The summed E-state index contributed by atoms with van der Waals surface area (Å²) < 4.78 is 0.